The monoisotopic (exact) mass is 452 g/mol. The number of methoxy groups -OCH3 is 1. The van der Waals surface area contributed by atoms with Crippen molar-refractivity contribution in [1.82, 2.24) is 0 Å². The van der Waals surface area contributed by atoms with E-state index in [1.54, 1.807) is 7.11 Å². The maximum atomic E-state index is 9.75. The first-order valence-corrected chi connectivity index (χ1v) is 10.5. The zero-order valence-corrected chi connectivity index (χ0v) is 17.9. The largest absolute Gasteiger partial charge is 0.673 e. The van der Waals surface area contributed by atoms with Crippen LogP contribution in [0.25, 0.3) is 33.8 Å². The summed E-state index contributed by atoms with van der Waals surface area (Å²) in [5, 5.41) is 0. The molecule has 1 aliphatic rings. The highest BCUT2D eigenvalue weighted by Gasteiger charge is 2.31. The highest BCUT2D eigenvalue weighted by Crippen LogP contribution is 2.42. The van der Waals surface area contributed by atoms with Crippen LogP contribution in [0.4, 0.5) is 17.3 Å². The molecule has 0 radical (unpaired) electrons. The van der Waals surface area contributed by atoms with Crippen LogP contribution >= 0.6 is 0 Å². The minimum Gasteiger partial charge on any atom is -0.497 e. The molecule has 0 unspecified atom stereocenters. The average molecular weight is 452 g/mol. The van der Waals surface area contributed by atoms with Crippen molar-refractivity contribution in [3.8, 4) is 39.5 Å². The molecule has 0 N–H and O–H groups in total. The predicted molar refractivity (Wildman–Crippen MR) is 124 cm³/mol. The van der Waals surface area contributed by atoms with Gasteiger partial charge >= 0.3 is 18.8 Å². The van der Waals surface area contributed by atoms with E-state index < -0.39 is 7.25 Å². The second-order valence-corrected chi connectivity index (χ2v) is 7.58. The zero-order valence-electron chi connectivity index (χ0n) is 17.9. The molecule has 7 heteroatoms. The van der Waals surface area contributed by atoms with Gasteiger partial charge in [-0.25, -0.2) is 4.42 Å². The molecule has 33 heavy (non-hydrogen) atoms. The molecule has 0 spiro atoms. The molecule has 0 amide bonds. The van der Waals surface area contributed by atoms with Gasteiger partial charge in [0.15, 0.2) is 0 Å². The first-order chi connectivity index (χ1) is 15.8. The molecule has 3 aromatic carbocycles. The van der Waals surface area contributed by atoms with Crippen molar-refractivity contribution >= 4 is 7.25 Å². The van der Waals surface area contributed by atoms with Gasteiger partial charge < -0.3 is 22.0 Å². The lowest BCUT2D eigenvalue weighted by Crippen LogP contribution is -2.06. The number of aryl methyl sites for hydroxylation is 1. The van der Waals surface area contributed by atoms with Gasteiger partial charge in [-0.2, -0.15) is 0 Å². The van der Waals surface area contributed by atoms with Gasteiger partial charge in [-0.1, -0.05) is 48.5 Å². The molecule has 1 aliphatic carbocycles. The maximum Gasteiger partial charge on any atom is 0.673 e. The third-order valence-corrected chi connectivity index (χ3v) is 5.45. The second kappa shape index (κ2) is 9.49. The summed E-state index contributed by atoms with van der Waals surface area (Å²) in [6.45, 7) is 0. The van der Waals surface area contributed by atoms with Crippen molar-refractivity contribution in [1.29, 1.82) is 0 Å². The van der Waals surface area contributed by atoms with E-state index in [0.29, 0.717) is 0 Å². The Morgan fingerprint density at radius 2 is 1.36 bits per heavy atom. The van der Waals surface area contributed by atoms with Crippen LogP contribution in [0.1, 0.15) is 11.1 Å². The fourth-order valence-electron chi connectivity index (χ4n) is 4.00. The van der Waals surface area contributed by atoms with Crippen molar-refractivity contribution in [2.24, 2.45) is 0 Å². The quantitative estimate of drug-likeness (QED) is 0.179. The Bertz CT molecular complexity index is 1230. The SMILES string of the molecule is COc1ccc(-c2cc(-c3ccccc3)[o+]c3c2CCc2ccccc2-3)cc1.F[B-](F)(F)F. The smallest absolute Gasteiger partial charge is 0.497 e. The van der Waals surface area contributed by atoms with Gasteiger partial charge in [0.2, 0.25) is 0 Å². The molecule has 168 valence electrons. The molecule has 2 nitrogen and oxygen atoms in total. The van der Waals surface area contributed by atoms with Crippen molar-refractivity contribution in [2.45, 2.75) is 12.8 Å². The molecule has 0 aliphatic heterocycles. The van der Waals surface area contributed by atoms with Crippen molar-refractivity contribution in [2.75, 3.05) is 7.11 Å². The Morgan fingerprint density at radius 3 is 2.03 bits per heavy atom. The normalized spacial score (nSPS) is 12.2. The highest BCUT2D eigenvalue weighted by molar-refractivity contribution is 6.50. The molecule has 0 atom stereocenters. The Hall–Kier alpha value is -3.61. The van der Waals surface area contributed by atoms with E-state index in [4.69, 9.17) is 9.15 Å². The van der Waals surface area contributed by atoms with Gasteiger partial charge in [0.05, 0.1) is 29.9 Å². The summed E-state index contributed by atoms with van der Waals surface area (Å²) in [7, 11) is -4.30. The minimum absolute atomic E-state index is 0.867. The lowest BCUT2D eigenvalue weighted by atomic mass is 9.85. The average Bonchev–Trinajstić information content (AvgIpc) is 2.83. The summed E-state index contributed by atoms with van der Waals surface area (Å²) in [5.41, 5.74) is 7.34. The molecule has 1 aromatic heterocycles. The van der Waals surface area contributed by atoms with Gasteiger partial charge in [0.25, 0.3) is 0 Å². The number of fused-ring (bicyclic) bond motifs is 3. The summed E-state index contributed by atoms with van der Waals surface area (Å²) in [6.07, 6.45) is 2.01. The van der Waals surface area contributed by atoms with Crippen molar-refractivity contribution < 1.29 is 26.4 Å². The lowest BCUT2D eigenvalue weighted by Gasteiger charge is -2.16. The van der Waals surface area contributed by atoms with Crippen LogP contribution in [0, 0.1) is 0 Å². The summed E-state index contributed by atoms with van der Waals surface area (Å²) < 4.78 is 50.8. The molecule has 4 aromatic rings. The molecule has 0 bridgehead atoms. The standard InChI is InChI=1S/C26H21O2.BF4/c1-27-21-14-11-19(12-15-21)24-17-25(20-8-3-2-4-9-20)28-26-22-10-6-5-7-18(22)13-16-23(24)26;2-1(3,4)5/h2-12,14-15,17H,13,16H2,1H3;/q+1;-1. The van der Waals surface area contributed by atoms with Crippen LogP contribution in [0.3, 0.4) is 0 Å². The molecule has 1 heterocycles. The van der Waals surface area contributed by atoms with Crippen LogP contribution < -0.4 is 4.74 Å². The molecule has 0 fully saturated rings. The zero-order chi connectivity index (χ0) is 23.4. The Kier molecular flexibility index (Phi) is 6.49. The van der Waals surface area contributed by atoms with E-state index in [0.717, 1.165) is 35.7 Å². The summed E-state index contributed by atoms with van der Waals surface area (Å²) in [5.74, 6) is 2.75. The Balaban J connectivity index is 0.000000471. The number of halogens is 4. The van der Waals surface area contributed by atoms with E-state index in [9.17, 15) is 17.3 Å². The maximum absolute atomic E-state index is 9.75. The minimum atomic E-state index is -6.00. The fourth-order valence-corrected chi connectivity index (χ4v) is 4.00. The van der Waals surface area contributed by atoms with Gasteiger partial charge in [-0.3, -0.25) is 0 Å². The summed E-state index contributed by atoms with van der Waals surface area (Å²) in [6, 6.07) is 29.4. The summed E-state index contributed by atoms with van der Waals surface area (Å²) in [4.78, 5) is 0. The molecule has 0 saturated carbocycles. The van der Waals surface area contributed by atoms with Crippen LogP contribution in [0.2, 0.25) is 0 Å². The second-order valence-electron chi connectivity index (χ2n) is 7.58. The summed E-state index contributed by atoms with van der Waals surface area (Å²) >= 11 is 0. The molecular weight excluding hydrogens is 431 g/mol. The number of hydrogen-bond donors (Lipinski definition) is 0. The number of ether oxygens (including phenoxy) is 1. The number of hydrogen-bond acceptors (Lipinski definition) is 1. The Morgan fingerprint density at radius 1 is 0.727 bits per heavy atom. The van der Waals surface area contributed by atoms with Gasteiger partial charge in [-0.05, 0) is 54.3 Å². The topological polar surface area (TPSA) is 20.5 Å². The first kappa shape index (κ1) is 22.6. The molecule has 0 saturated heterocycles. The highest BCUT2D eigenvalue weighted by atomic mass is 19.5. The van der Waals surface area contributed by atoms with E-state index in [1.165, 1.54) is 27.8 Å². The third-order valence-electron chi connectivity index (χ3n) is 5.45. The van der Waals surface area contributed by atoms with E-state index in [2.05, 4.69) is 54.6 Å². The van der Waals surface area contributed by atoms with Crippen LogP contribution in [-0.4, -0.2) is 14.4 Å². The third kappa shape index (κ3) is 5.42. The van der Waals surface area contributed by atoms with Crippen molar-refractivity contribution in [3.63, 3.8) is 0 Å². The van der Waals surface area contributed by atoms with Crippen LogP contribution in [0.5, 0.6) is 5.75 Å². The lowest BCUT2D eigenvalue weighted by molar-refractivity contribution is 0.368. The molecular formula is C26H21BF4O2. The van der Waals surface area contributed by atoms with Crippen molar-refractivity contribution in [3.05, 3.63) is 96.1 Å². The predicted octanol–water partition coefficient (Wildman–Crippen LogP) is 7.97. The van der Waals surface area contributed by atoms with Gasteiger partial charge in [0.1, 0.15) is 5.75 Å². The van der Waals surface area contributed by atoms with Gasteiger partial charge in [0, 0.05) is 5.56 Å². The number of benzene rings is 3. The van der Waals surface area contributed by atoms with Crippen LogP contribution in [-0.2, 0) is 12.8 Å². The van der Waals surface area contributed by atoms with E-state index in [-0.39, 0.29) is 0 Å². The van der Waals surface area contributed by atoms with E-state index in [1.807, 2.05) is 30.3 Å². The van der Waals surface area contributed by atoms with Gasteiger partial charge in [-0.15, -0.1) is 0 Å². The first-order valence-electron chi connectivity index (χ1n) is 10.5. The van der Waals surface area contributed by atoms with E-state index >= 15 is 0 Å². The fraction of sp³-hybridized carbons (Fsp3) is 0.115. The Labute approximate surface area is 189 Å². The number of rotatable bonds is 3. The molecule has 5 rings (SSSR count). The van der Waals surface area contributed by atoms with Crippen LogP contribution in [0.15, 0.2) is 89.3 Å².